The van der Waals surface area contributed by atoms with Gasteiger partial charge >= 0.3 is 6.09 Å². The number of nitrogens with one attached hydrogen (secondary N) is 3. The monoisotopic (exact) mass is 484 g/mol. The van der Waals surface area contributed by atoms with Gasteiger partial charge < -0.3 is 25.8 Å². The molecule has 0 radical (unpaired) electrons. The summed E-state index contributed by atoms with van der Waals surface area (Å²) in [5.74, 6) is -0.965. The predicted octanol–water partition coefficient (Wildman–Crippen LogP) is 2.19. The van der Waals surface area contributed by atoms with E-state index in [4.69, 9.17) is 4.74 Å². The lowest BCUT2D eigenvalue weighted by Crippen LogP contribution is -2.55. The molecule has 3 amide bonds. The van der Waals surface area contributed by atoms with Crippen molar-refractivity contribution in [3.8, 4) is 6.07 Å². The lowest BCUT2D eigenvalue weighted by atomic mass is 9.76. The maximum Gasteiger partial charge on any atom is 0.408 e. The Kier molecular flexibility index (Phi) is 9.10. The van der Waals surface area contributed by atoms with Crippen LogP contribution < -0.4 is 16.0 Å². The summed E-state index contributed by atoms with van der Waals surface area (Å²) in [6.45, 7) is 4.39. The standard InChI is InChI=1S/C26H36N4O5/c1-17(2)13-21(24(33)29-20(22(31)16-27)14-19-9-12-28-23(19)32)30-25(34)35-26(10-6-11-26)15-18-7-4-3-5-8-18/h3-5,7-8,17,19-22,31H,6,9-15H2,1-2H3,(H,28,32)(H,29,33)(H,30,34)/t19?,20-,21-,22?/m0/s1. The molecular formula is C26H36N4O5. The number of aliphatic hydroxyl groups excluding tert-OH is 1. The maximum atomic E-state index is 13.1. The number of carbonyl (C=O) groups excluding carboxylic acids is 3. The Morgan fingerprint density at radius 3 is 2.51 bits per heavy atom. The fourth-order valence-electron chi connectivity index (χ4n) is 4.74. The normalized spacial score (nSPS) is 21.1. The van der Waals surface area contributed by atoms with E-state index in [2.05, 4.69) is 16.0 Å². The SMILES string of the molecule is CC(C)C[C@H](NC(=O)OC1(Cc2ccccc2)CCC1)C(=O)N[C@@H](CC1CCNC1=O)C(O)C#N. The number of hydrogen-bond acceptors (Lipinski definition) is 6. The maximum absolute atomic E-state index is 13.1. The number of benzene rings is 1. The number of rotatable bonds is 11. The molecule has 35 heavy (non-hydrogen) atoms. The van der Waals surface area contributed by atoms with Gasteiger partial charge in [-0.1, -0.05) is 44.2 Å². The molecule has 4 atom stereocenters. The first-order chi connectivity index (χ1) is 16.7. The molecule has 9 heteroatoms. The number of amides is 3. The lowest BCUT2D eigenvalue weighted by Gasteiger charge is -2.41. The van der Waals surface area contributed by atoms with Crippen molar-refractivity contribution in [3.63, 3.8) is 0 Å². The average molecular weight is 485 g/mol. The summed E-state index contributed by atoms with van der Waals surface area (Å²) in [6.07, 6.45) is 2.05. The number of aliphatic hydroxyl groups is 1. The van der Waals surface area contributed by atoms with Crippen LogP contribution in [0.1, 0.15) is 57.9 Å². The van der Waals surface area contributed by atoms with Crippen molar-refractivity contribution in [2.45, 2.75) is 82.6 Å². The van der Waals surface area contributed by atoms with Gasteiger partial charge in [0.1, 0.15) is 11.6 Å². The van der Waals surface area contributed by atoms with Gasteiger partial charge in [0, 0.05) is 18.9 Å². The summed E-state index contributed by atoms with van der Waals surface area (Å²) in [5.41, 5.74) is 0.500. The smallest absolute Gasteiger partial charge is 0.408 e. The van der Waals surface area contributed by atoms with E-state index in [-0.39, 0.29) is 24.2 Å². The molecule has 3 rings (SSSR count). The lowest BCUT2D eigenvalue weighted by molar-refractivity contribution is -0.127. The minimum Gasteiger partial charge on any atom is -0.443 e. The summed E-state index contributed by atoms with van der Waals surface area (Å²) < 4.78 is 5.85. The summed E-state index contributed by atoms with van der Waals surface area (Å²) in [7, 11) is 0. The Morgan fingerprint density at radius 1 is 1.26 bits per heavy atom. The van der Waals surface area contributed by atoms with Crippen molar-refractivity contribution in [2.24, 2.45) is 11.8 Å². The minimum atomic E-state index is -1.47. The van der Waals surface area contributed by atoms with Crippen LogP contribution in [0.3, 0.4) is 0 Å². The van der Waals surface area contributed by atoms with Crippen molar-refractivity contribution < 1.29 is 24.2 Å². The molecular weight excluding hydrogens is 448 g/mol. The van der Waals surface area contributed by atoms with Crippen LogP contribution in [0.2, 0.25) is 0 Å². The molecule has 9 nitrogen and oxygen atoms in total. The van der Waals surface area contributed by atoms with Gasteiger partial charge in [0.15, 0.2) is 6.10 Å². The molecule has 1 saturated carbocycles. The van der Waals surface area contributed by atoms with E-state index < -0.39 is 35.8 Å². The van der Waals surface area contributed by atoms with Crippen LogP contribution >= 0.6 is 0 Å². The predicted molar refractivity (Wildman–Crippen MR) is 129 cm³/mol. The average Bonchev–Trinajstić information content (AvgIpc) is 3.20. The number of alkyl carbamates (subject to hydrolysis) is 1. The Labute approximate surface area is 206 Å². The van der Waals surface area contributed by atoms with E-state index in [0.29, 0.717) is 25.8 Å². The van der Waals surface area contributed by atoms with E-state index in [9.17, 15) is 24.8 Å². The van der Waals surface area contributed by atoms with Crippen molar-refractivity contribution in [1.82, 2.24) is 16.0 Å². The van der Waals surface area contributed by atoms with E-state index in [1.807, 2.05) is 44.2 Å². The Bertz CT molecular complexity index is 925. The second-order valence-corrected chi connectivity index (χ2v) is 10.1. The van der Waals surface area contributed by atoms with Gasteiger partial charge in [-0.15, -0.1) is 0 Å². The number of nitrogens with zero attached hydrogens (tertiary/aromatic N) is 1. The topological polar surface area (TPSA) is 141 Å². The zero-order valence-corrected chi connectivity index (χ0v) is 20.5. The first kappa shape index (κ1) is 26.5. The van der Waals surface area contributed by atoms with Crippen molar-refractivity contribution in [1.29, 1.82) is 5.26 Å². The summed E-state index contributed by atoms with van der Waals surface area (Å²) >= 11 is 0. The van der Waals surface area contributed by atoms with Gasteiger partial charge in [-0.3, -0.25) is 9.59 Å². The zero-order chi connectivity index (χ0) is 25.4. The van der Waals surface area contributed by atoms with E-state index in [1.165, 1.54) is 0 Å². The molecule has 2 unspecified atom stereocenters. The number of nitriles is 1. The molecule has 2 fully saturated rings. The van der Waals surface area contributed by atoms with E-state index in [1.54, 1.807) is 6.07 Å². The third kappa shape index (κ3) is 7.43. The van der Waals surface area contributed by atoms with Gasteiger partial charge in [0.2, 0.25) is 11.8 Å². The highest BCUT2D eigenvalue weighted by Crippen LogP contribution is 2.38. The highest BCUT2D eigenvalue weighted by atomic mass is 16.6. The summed E-state index contributed by atoms with van der Waals surface area (Å²) in [6, 6.07) is 9.76. The molecule has 1 saturated heterocycles. The van der Waals surface area contributed by atoms with Crippen molar-refractivity contribution >= 4 is 17.9 Å². The number of carbonyl (C=O) groups is 3. The van der Waals surface area contributed by atoms with Crippen LogP contribution in [0.4, 0.5) is 4.79 Å². The van der Waals surface area contributed by atoms with Crippen molar-refractivity contribution in [2.75, 3.05) is 6.54 Å². The van der Waals surface area contributed by atoms with Gasteiger partial charge in [-0.05, 0) is 50.0 Å². The molecule has 0 bridgehead atoms. The summed E-state index contributed by atoms with van der Waals surface area (Å²) in [4.78, 5) is 38.0. The largest absolute Gasteiger partial charge is 0.443 e. The number of hydrogen-bond donors (Lipinski definition) is 4. The third-order valence-electron chi connectivity index (χ3n) is 6.80. The second-order valence-electron chi connectivity index (χ2n) is 10.1. The third-order valence-corrected chi connectivity index (χ3v) is 6.80. The Hall–Kier alpha value is -3.12. The minimum absolute atomic E-state index is 0.0907. The molecule has 1 aromatic carbocycles. The molecule has 4 N–H and O–H groups in total. The molecule has 1 heterocycles. The van der Waals surface area contributed by atoms with Crippen LogP contribution in [0.25, 0.3) is 0 Å². The molecule has 2 aliphatic rings. The molecule has 1 aromatic rings. The van der Waals surface area contributed by atoms with Crippen LogP contribution in [0.5, 0.6) is 0 Å². The molecule has 0 aromatic heterocycles. The highest BCUT2D eigenvalue weighted by Gasteiger charge is 2.42. The van der Waals surface area contributed by atoms with Gasteiger partial charge in [-0.25, -0.2) is 4.79 Å². The van der Waals surface area contributed by atoms with Gasteiger partial charge in [0.05, 0.1) is 12.1 Å². The molecule has 1 aliphatic heterocycles. The fraction of sp³-hybridized carbons (Fsp3) is 0.615. The second kappa shape index (κ2) is 12.0. The number of ether oxygens (including phenoxy) is 1. The Morgan fingerprint density at radius 2 is 1.97 bits per heavy atom. The molecule has 190 valence electrons. The summed E-state index contributed by atoms with van der Waals surface area (Å²) in [5, 5.41) is 27.5. The Balaban J connectivity index is 1.64. The van der Waals surface area contributed by atoms with Gasteiger partial charge in [-0.2, -0.15) is 5.26 Å². The molecule has 1 aliphatic carbocycles. The molecule has 0 spiro atoms. The van der Waals surface area contributed by atoms with Crippen molar-refractivity contribution in [3.05, 3.63) is 35.9 Å². The first-order valence-corrected chi connectivity index (χ1v) is 12.4. The van der Waals surface area contributed by atoms with Crippen LogP contribution in [-0.4, -0.2) is 53.3 Å². The fourth-order valence-corrected chi connectivity index (χ4v) is 4.74. The first-order valence-electron chi connectivity index (χ1n) is 12.4. The highest BCUT2D eigenvalue weighted by molar-refractivity contribution is 5.86. The van der Waals surface area contributed by atoms with Crippen LogP contribution in [0.15, 0.2) is 30.3 Å². The van der Waals surface area contributed by atoms with Crippen LogP contribution in [0, 0.1) is 23.2 Å². The van der Waals surface area contributed by atoms with Gasteiger partial charge in [0.25, 0.3) is 0 Å². The van der Waals surface area contributed by atoms with E-state index in [0.717, 1.165) is 24.8 Å². The van der Waals surface area contributed by atoms with Crippen LogP contribution in [-0.2, 0) is 20.7 Å². The van der Waals surface area contributed by atoms with E-state index >= 15 is 0 Å². The zero-order valence-electron chi connectivity index (χ0n) is 20.5. The quantitative estimate of drug-likeness (QED) is 0.355.